The molecule has 1 saturated heterocycles. The van der Waals surface area contributed by atoms with Crippen molar-refractivity contribution in [3.8, 4) is 5.75 Å². The quantitative estimate of drug-likeness (QED) is 0.873. The predicted octanol–water partition coefficient (Wildman–Crippen LogP) is 1.85. The van der Waals surface area contributed by atoms with Gasteiger partial charge in [-0.25, -0.2) is 4.39 Å². The van der Waals surface area contributed by atoms with Crippen LogP contribution in [0.5, 0.6) is 5.75 Å². The lowest BCUT2D eigenvalue weighted by molar-refractivity contribution is -0.141. The van der Waals surface area contributed by atoms with E-state index in [1.54, 1.807) is 24.9 Å². The minimum Gasteiger partial charge on any atom is -0.504 e. The summed E-state index contributed by atoms with van der Waals surface area (Å²) in [5, 5.41) is 19.6. The number of para-hydroxylation sites is 1. The number of carbonyl (C=O) groups is 1. The number of likely N-dealkylation sites (N-methyl/N-ethyl adjacent to an activating group) is 1. The van der Waals surface area contributed by atoms with Crippen LogP contribution in [0.3, 0.4) is 0 Å². The fourth-order valence-corrected chi connectivity index (χ4v) is 5.36. The van der Waals surface area contributed by atoms with Gasteiger partial charge in [0, 0.05) is 11.5 Å². The van der Waals surface area contributed by atoms with E-state index in [9.17, 15) is 19.4 Å². The Morgan fingerprint density at radius 1 is 1.45 bits per heavy atom. The number of rotatable bonds is 3. The Morgan fingerprint density at radius 2 is 2.23 bits per heavy atom. The van der Waals surface area contributed by atoms with Gasteiger partial charge in [0.1, 0.15) is 11.1 Å². The molecule has 0 amide bonds. The van der Waals surface area contributed by atoms with Gasteiger partial charge in [-0.05, 0) is 19.2 Å². The number of nitrogens with zero attached hydrogens (tertiary/aromatic N) is 2. The van der Waals surface area contributed by atoms with E-state index in [4.69, 9.17) is 0 Å². The Hall–Kier alpha value is -1.25. The van der Waals surface area contributed by atoms with Crippen LogP contribution >= 0.6 is 23.5 Å². The summed E-state index contributed by atoms with van der Waals surface area (Å²) in [6.45, 7) is 0. The van der Waals surface area contributed by atoms with Crippen molar-refractivity contribution in [2.45, 2.75) is 17.5 Å². The second kappa shape index (κ2) is 6.10. The Labute approximate surface area is 135 Å². The molecule has 0 radical (unpaired) electrons. The molecule has 0 saturated carbocycles. The average molecular weight is 342 g/mol. The zero-order valence-corrected chi connectivity index (χ0v) is 13.4. The number of aliphatic carboxylic acids is 1. The van der Waals surface area contributed by atoms with Crippen molar-refractivity contribution in [3.63, 3.8) is 0 Å². The molecule has 5 nitrogen and oxygen atoms in total. The third-order valence-corrected chi connectivity index (χ3v) is 6.43. The van der Waals surface area contributed by atoms with E-state index >= 15 is 0 Å². The van der Waals surface area contributed by atoms with E-state index in [-0.39, 0.29) is 17.2 Å². The molecule has 1 unspecified atom stereocenters. The second-order valence-electron chi connectivity index (χ2n) is 5.19. The molecule has 1 aromatic carbocycles. The summed E-state index contributed by atoms with van der Waals surface area (Å²) in [7, 11) is 1.79. The van der Waals surface area contributed by atoms with Crippen molar-refractivity contribution >= 4 is 34.5 Å². The van der Waals surface area contributed by atoms with Gasteiger partial charge < -0.3 is 10.2 Å². The molecule has 0 spiro atoms. The molecule has 1 aromatic rings. The highest BCUT2D eigenvalue weighted by molar-refractivity contribution is 8.14. The number of halogens is 1. The normalized spacial score (nSPS) is 28.8. The van der Waals surface area contributed by atoms with Crippen molar-refractivity contribution in [1.29, 1.82) is 0 Å². The van der Waals surface area contributed by atoms with Crippen molar-refractivity contribution in [2.24, 2.45) is 4.99 Å². The molecule has 3 atom stereocenters. The molecular formula is C14H15FN2O3S2. The highest BCUT2D eigenvalue weighted by Crippen LogP contribution is 2.37. The van der Waals surface area contributed by atoms with E-state index in [0.717, 1.165) is 0 Å². The number of carboxylic acid groups (broad SMARTS) is 1. The molecule has 0 aromatic heterocycles. The minimum atomic E-state index is -0.824. The number of hydrogen-bond acceptors (Lipinski definition) is 6. The Kier molecular flexibility index (Phi) is 4.33. The molecule has 3 rings (SSSR count). The van der Waals surface area contributed by atoms with Gasteiger partial charge >= 0.3 is 5.97 Å². The SMILES string of the molecule is CN1C([C@H]2CSC(c3cccc(F)c3O)=N2)SC[C@@H]1C(=O)O. The summed E-state index contributed by atoms with van der Waals surface area (Å²) in [5.74, 6) is -0.643. The maximum atomic E-state index is 13.4. The molecule has 22 heavy (non-hydrogen) atoms. The summed E-state index contributed by atoms with van der Waals surface area (Å²) in [4.78, 5) is 17.6. The number of carboxylic acids is 1. The maximum Gasteiger partial charge on any atom is 0.321 e. The topological polar surface area (TPSA) is 73.1 Å². The number of benzene rings is 1. The monoisotopic (exact) mass is 342 g/mol. The highest BCUT2D eigenvalue weighted by atomic mass is 32.2. The van der Waals surface area contributed by atoms with Gasteiger partial charge in [0.25, 0.3) is 0 Å². The van der Waals surface area contributed by atoms with E-state index in [0.29, 0.717) is 22.1 Å². The first-order chi connectivity index (χ1) is 10.5. The summed E-state index contributed by atoms with van der Waals surface area (Å²) in [6.07, 6.45) is 0. The van der Waals surface area contributed by atoms with Gasteiger partial charge in [0.2, 0.25) is 0 Å². The fourth-order valence-electron chi connectivity index (χ4n) is 2.60. The number of phenols is 1. The number of aliphatic imine (C=N–C) groups is 1. The van der Waals surface area contributed by atoms with Gasteiger partial charge in [-0.3, -0.25) is 14.7 Å². The van der Waals surface area contributed by atoms with Crippen LogP contribution in [0.25, 0.3) is 0 Å². The first-order valence-corrected chi connectivity index (χ1v) is 8.77. The van der Waals surface area contributed by atoms with Crippen molar-refractivity contribution in [3.05, 3.63) is 29.6 Å². The van der Waals surface area contributed by atoms with Crippen LogP contribution in [0.1, 0.15) is 5.56 Å². The third kappa shape index (κ3) is 2.70. The third-order valence-electron chi connectivity index (χ3n) is 3.82. The Balaban J connectivity index is 1.80. The van der Waals surface area contributed by atoms with Gasteiger partial charge in [-0.2, -0.15) is 0 Å². The van der Waals surface area contributed by atoms with Crippen molar-refractivity contribution in [1.82, 2.24) is 4.90 Å². The minimum absolute atomic E-state index is 0.0122. The summed E-state index contributed by atoms with van der Waals surface area (Å²) >= 11 is 3.04. The maximum absolute atomic E-state index is 13.4. The van der Waals surface area contributed by atoms with Crippen LogP contribution in [0, 0.1) is 5.82 Å². The standard InChI is InChI=1S/C14H15FN2O3S2/c1-17-10(14(19)20)6-22-13(17)9-5-21-12(16-9)7-3-2-4-8(15)11(7)18/h2-4,9-10,13,18H,5-6H2,1H3,(H,19,20)/t9-,10-,13?/m1/s1. The molecular weight excluding hydrogens is 327 g/mol. The first kappa shape index (κ1) is 15.6. The lowest BCUT2D eigenvalue weighted by Crippen LogP contribution is -2.42. The molecule has 1 fully saturated rings. The molecule has 2 heterocycles. The lowest BCUT2D eigenvalue weighted by atomic mass is 10.2. The lowest BCUT2D eigenvalue weighted by Gasteiger charge is -2.24. The van der Waals surface area contributed by atoms with Gasteiger partial charge in [0.15, 0.2) is 11.6 Å². The smallest absolute Gasteiger partial charge is 0.321 e. The second-order valence-corrected chi connectivity index (χ2v) is 7.35. The predicted molar refractivity (Wildman–Crippen MR) is 86.3 cm³/mol. The first-order valence-electron chi connectivity index (χ1n) is 6.74. The van der Waals surface area contributed by atoms with Crippen LogP contribution in [0.4, 0.5) is 4.39 Å². The molecule has 2 aliphatic rings. The zero-order chi connectivity index (χ0) is 15.9. The summed E-state index contributed by atoms with van der Waals surface area (Å²) in [5.41, 5.74) is 0.396. The Bertz CT molecular complexity index is 641. The number of thioether (sulfide) groups is 2. The zero-order valence-electron chi connectivity index (χ0n) is 11.8. The van der Waals surface area contributed by atoms with E-state index in [2.05, 4.69) is 4.99 Å². The van der Waals surface area contributed by atoms with Crippen LogP contribution in [-0.4, -0.2) is 62.1 Å². The van der Waals surface area contributed by atoms with Crippen molar-refractivity contribution in [2.75, 3.05) is 18.6 Å². The number of phenolic OH excluding ortho intramolecular Hbond substituents is 1. The molecule has 8 heteroatoms. The average Bonchev–Trinajstić information content (AvgIpc) is 3.08. The largest absolute Gasteiger partial charge is 0.504 e. The van der Waals surface area contributed by atoms with Crippen LogP contribution in [0.2, 0.25) is 0 Å². The summed E-state index contributed by atoms with van der Waals surface area (Å²) < 4.78 is 13.4. The molecule has 2 N–H and O–H groups in total. The highest BCUT2D eigenvalue weighted by Gasteiger charge is 2.41. The molecule has 118 valence electrons. The van der Waals surface area contributed by atoms with Crippen LogP contribution < -0.4 is 0 Å². The molecule has 0 aliphatic carbocycles. The van der Waals surface area contributed by atoms with Crippen LogP contribution in [-0.2, 0) is 4.79 Å². The number of hydrogen-bond donors (Lipinski definition) is 2. The van der Waals surface area contributed by atoms with Crippen molar-refractivity contribution < 1.29 is 19.4 Å². The summed E-state index contributed by atoms with van der Waals surface area (Å²) in [6, 6.07) is 3.81. The van der Waals surface area contributed by atoms with Crippen LogP contribution in [0.15, 0.2) is 23.2 Å². The van der Waals surface area contributed by atoms with E-state index < -0.39 is 17.8 Å². The van der Waals surface area contributed by atoms with Gasteiger partial charge in [-0.15, -0.1) is 23.5 Å². The molecule has 0 bridgehead atoms. The molecule has 2 aliphatic heterocycles. The Morgan fingerprint density at radius 3 is 2.91 bits per heavy atom. The van der Waals surface area contributed by atoms with E-state index in [1.165, 1.54) is 23.9 Å². The van der Waals surface area contributed by atoms with E-state index in [1.807, 2.05) is 4.90 Å². The van der Waals surface area contributed by atoms with Gasteiger partial charge in [-0.1, -0.05) is 6.07 Å². The van der Waals surface area contributed by atoms with Gasteiger partial charge in [0.05, 0.1) is 17.0 Å². The fraction of sp³-hybridized carbons (Fsp3) is 0.429. The number of aromatic hydroxyl groups is 1.